The van der Waals surface area contributed by atoms with E-state index in [0.29, 0.717) is 11.6 Å². The normalized spacial score (nSPS) is 14.3. The Morgan fingerprint density at radius 3 is 2.74 bits per heavy atom. The number of anilines is 1. The van der Waals surface area contributed by atoms with Gasteiger partial charge in [-0.05, 0) is 35.4 Å². The number of piperazine rings is 1. The number of benzene rings is 1. The van der Waals surface area contributed by atoms with Crippen LogP contribution in [0.25, 0.3) is 22.2 Å². The van der Waals surface area contributed by atoms with Crippen LogP contribution in [-0.4, -0.2) is 39.7 Å². The molecule has 5 rings (SSSR count). The van der Waals surface area contributed by atoms with Crippen molar-refractivity contribution in [2.75, 3.05) is 31.1 Å². The Hall–Kier alpha value is -2.74. The Morgan fingerprint density at radius 1 is 1.13 bits per heavy atom. The van der Waals surface area contributed by atoms with E-state index in [-0.39, 0.29) is 5.56 Å². The molecule has 4 aromatic rings. The lowest BCUT2D eigenvalue weighted by Crippen LogP contribution is -2.43. The topological polar surface area (TPSA) is 55.1 Å². The van der Waals surface area contributed by atoms with Gasteiger partial charge in [-0.2, -0.15) is 0 Å². The van der Waals surface area contributed by atoms with Crippen LogP contribution in [0, 0.1) is 0 Å². The maximum Gasteiger partial charge on any atom is 0.251 e. The van der Waals surface area contributed by atoms with Gasteiger partial charge in [0.05, 0.1) is 18.4 Å². The highest BCUT2D eigenvalue weighted by Gasteiger charge is 2.16. The van der Waals surface area contributed by atoms with Gasteiger partial charge in [-0.15, -0.1) is 0 Å². The molecule has 6 nitrogen and oxygen atoms in total. The molecule has 0 spiro atoms. The highest BCUT2D eigenvalue weighted by Crippen LogP contribution is 2.32. The lowest BCUT2D eigenvalue weighted by molar-refractivity contribution is 0.589. The number of halogens is 1. The average Bonchev–Trinajstić information content (AvgIpc) is 3.12. The van der Waals surface area contributed by atoms with Gasteiger partial charge in [0.2, 0.25) is 0 Å². The molecule has 0 bridgehead atoms. The zero-order valence-electron chi connectivity index (χ0n) is 16.8. The molecule has 1 aliphatic heterocycles. The minimum atomic E-state index is -0.0660. The minimum Gasteiger partial charge on any atom is -0.368 e. The number of fused-ring (bicyclic) bond motifs is 1. The van der Waals surface area contributed by atoms with Gasteiger partial charge >= 0.3 is 0 Å². The fourth-order valence-corrected chi connectivity index (χ4v) is 4.53. The summed E-state index contributed by atoms with van der Waals surface area (Å²) in [5.74, 6) is 0. The molecule has 8 heteroatoms. The Morgan fingerprint density at radius 2 is 1.97 bits per heavy atom. The van der Waals surface area contributed by atoms with Crippen molar-refractivity contribution in [3.05, 3.63) is 82.0 Å². The van der Waals surface area contributed by atoms with Gasteiger partial charge in [-0.3, -0.25) is 8.77 Å². The SMILES string of the molecule is O=c1cc(-c2cn(S)c3ncc(N4CCNCC4)cc23)ccn1Cc1cccc(Cl)c1. The number of nitrogens with zero attached hydrogens (tertiary/aromatic N) is 4. The van der Waals surface area contributed by atoms with E-state index in [4.69, 9.17) is 11.6 Å². The molecule has 1 N–H and O–H groups in total. The molecule has 0 amide bonds. The van der Waals surface area contributed by atoms with Crippen molar-refractivity contribution >= 4 is 41.1 Å². The molecule has 4 heterocycles. The van der Waals surface area contributed by atoms with Gasteiger partial charge in [0.25, 0.3) is 5.56 Å². The smallest absolute Gasteiger partial charge is 0.251 e. The summed E-state index contributed by atoms with van der Waals surface area (Å²) in [6.45, 7) is 4.29. The first-order valence-electron chi connectivity index (χ1n) is 10.2. The standard InChI is InChI=1S/C23H22ClN5OS/c24-18-3-1-2-16(10-18)14-28-7-4-17(11-22(28)30)21-15-29(31)23-20(21)12-19(13-26-23)27-8-5-25-6-9-27/h1-4,7,10-13,15,25,31H,5-6,8-9,14H2. The number of rotatable bonds is 4. The molecule has 1 saturated heterocycles. The molecule has 1 aliphatic rings. The van der Waals surface area contributed by atoms with Crippen molar-refractivity contribution < 1.29 is 0 Å². The van der Waals surface area contributed by atoms with Gasteiger partial charge in [0.15, 0.2) is 5.65 Å². The Balaban J connectivity index is 1.51. The van der Waals surface area contributed by atoms with Gasteiger partial charge in [0, 0.05) is 60.6 Å². The van der Waals surface area contributed by atoms with Crippen LogP contribution in [0.15, 0.2) is 65.8 Å². The van der Waals surface area contributed by atoms with E-state index in [0.717, 1.165) is 59.6 Å². The predicted molar refractivity (Wildman–Crippen MR) is 129 cm³/mol. The first-order chi connectivity index (χ1) is 15.1. The van der Waals surface area contributed by atoms with Crippen LogP contribution < -0.4 is 15.8 Å². The molecule has 0 atom stereocenters. The van der Waals surface area contributed by atoms with Crippen LogP contribution in [0.5, 0.6) is 0 Å². The van der Waals surface area contributed by atoms with Crippen molar-refractivity contribution in [1.29, 1.82) is 0 Å². The van der Waals surface area contributed by atoms with Crippen LogP contribution in [0.1, 0.15) is 5.56 Å². The molecule has 0 unspecified atom stereocenters. The summed E-state index contributed by atoms with van der Waals surface area (Å²) in [4.78, 5) is 19.8. The summed E-state index contributed by atoms with van der Waals surface area (Å²) < 4.78 is 3.39. The molecule has 158 valence electrons. The number of thiol groups is 1. The number of pyridine rings is 2. The number of hydrogen-bond donors (Lipinski definition) is 2. The predicted octanol–water partition coefficient (Wildman–Crippen LogP) is 3.67. The molecular weight excluding hydrogens is 430 g/mol. The van der Waals surface area contributed by atoms with E-state index < -0.39 is 0 Å². The number of aromatic nitrogens is 3. The monoisotopic (exact) mass is 451 g/mol. The second-order valence-electron chi connectivity index (χ2n) is 7.70. The van der Waals surface area contributed by atoms with Gasteiger partial charge < -0.3 is 14.8 Å². The Kier molecular flexibility index (Phi) is 5.48. The second-order valence-corrected chi connectivity index (χ2v) is 8.57. The molecular formula is C23H22ClN5OS. The first-order valence-corrected chi connectivity index (χ1v) is 11.0. The molecule has 0 radical (unpaired) electrons. The van der Waals surface area contributed by atoms with E-state index in [1.165, 1.54) is 0 Å². The summed E-state index contributed by atoms with van der Waals surface area (Å²) in [5, 5.41) is 5.02. The fourth-order valence-electron chi connectivity index (χ4n) is 4.04. The third-order valence-electron chi connectivity index (χ3n) is 5.64. The van der Waals surface area contributed by atoms with Crippen LogP contribution >= 0.6 is 24.4 Å². The van der Waals surface area contributed by atoms with Crippen molar-refractivity contribution in [2.45, 2.75) is 6.54 Å². The van der Waals surface area contributed by atoms with E-state index in [1.54, 1.807) is 14.6 Å². The third-order valence-corrected chi connectivity index (χ3v) is 6.18. The third kappa shape index (κ3) is 4.08. The zero-order chi connectivity index (χ0) is 21.4. The number of nitrogens with one attached hydrogen (secondary N) is 1. The second kappa shape index (κ2) is 8.42. The fraction of sp³-hybridized carbons (Fsp3) is 0.217. The maximum atomic E-state index is 12.8. The average molecular weight is 452 g/mol. The highest BCUT2D eigenvalue weighted by atomic mass is 35.5. The van der Waals surface area contributed by atoms with E-state index in [2.05, 4.69) is 34.1 Å². The van der Waals surface area contributed by atoms with Crippen molar-refractivity contribution in [3.63, 3.8) is 0 Å². The van der Waals surface area contributed by atoms with E-state index in [1.807, 2.05) is 48.9 Å². The van der Waals surface area contributed by atoms with Gasteiger partial charge in [-0.1, -0.05) is 36.5 Å². The zero-order valence-corrected chi connectivity index (χ0v) is 18.5. The molecule has 0 saturated carbocycles. The lowest BCUT2D eigenvalue weighted by atomic mass is 10.1. The minimum absolute atomic E-state index is 0.0660. The summed E-state index contributed by atoms with van der Waals surface area (Å²) in [6, 6.07) is 13.3. The summed E-state index contributed by atoms with van der Waals surface area (Å²) in [6.07, 6.45) is 5.64. The Bertz CT molecular complexity index is 1310. The first kappa shape index (κ1) is 20.2. The van der Waals surface area contributed by atoms with Gasteiger partial charge in [0.1, 0.15) is 0 Å². The van der Waals surface area contributed by atoms with Crippen molar-refractivity contribution in [3.8, 4) is 11.1 Å². The van der Waals surface area contributed by atoms with Crippen LogP contribution in [0.3, 0.4) is 0 Å². The highest BCUT2D eigenvalue weighted by molar-refractivity contribution is 7.78. The Labute approximate surface area is 190 Å². The van der Waals surface area contributed by atoms with E-state index >= 15 is 0 Å². The molecule has 31 heavy (non-hydrogen) atoms. The maximum absolute atomic E-state index is 12.8. The van der Waals surface area contributed by atoms with Crippen LogP contribution in [0.2, 0.25) is 5.02 Å². The summed E-state index contributed by atoms with van der Waals surface area (Å²) in [5.41, 5.74) is 4.58. The quantitative estimate of drug-likeness (QED) is 0.465. The molecule has 1 fully saturated rings. The largest absolute Gasteiger partial charge is 0.368 e. The lowest BCUT2D eigenvalue weighted by Gasteiger charge is -2.29. The summed E-state index contributed by atoms with van der Waals surface area (Å²) >= 11 is 10.6. The molecule has 0 aliphatic carbocycles. The van der Waals surface area contributed by atoms with Gasteiger partial charge in [-0.25, -0.2) is 4.98 Å². The number of hydrogen-bond acceptors (Lipinski definition) is 5. The van der Waals surface area contributed by atoms with Crippen LogP contribution in [-0.2, 0) is 6.54 Å². The van der Waals surface area contributed by atoms with Crippen molar-refractivity contribution in [2.24, 2.45) is 0 Å². The van der Waals surface area contributed by atoms with E-state index in [9.17, 15) is 4.79 Å². The van der Waals surface area contributed by atoms with Crippen LogP contribution in [0.4, 0.5) is 5.69 Å². The molecule has 3 aromatic heterocycles. The summed E-state index contributed by atoms with van der Waals surface area (Å²) in [7, 11) is 0. The molecule has 1 aromatic carbocycles. The van der Waals surface area contributed by atoms with Crippen molar-refractivity contribution in [1.82, 2.24) is 18.8 Å².